The molecular weight excluding hydrogens is 304 g/mol. The third kappa shape index (κ3) is 2.91. The smallest absolute Gasteiger partial charge is 0.338 e. The number of ether oxygens (including phenoxy) is 1. The van der Waals surface area contributed by atoms with E-state index in [1.807, 2.05) is 38.1 Å². The third-order valence-corrected chi connectivity index (χ3v) is 4.23. The second-order valence-electron chi connectivity index (χ2n) is 5.94. The highest BCUT2D eigenvalue weighted by Gasteiger charge is 2.34. The quantitative estimate of drug-likeness (QED) is 0.675. The lowest BCUT2D eigenvalue weighted by molar-refractivity contribution is -0.139. The van der Waals surface area contributed by atoms with Crippen LogP contribution in [0.25, 0.3) is 0 Å². The SMILES string of the molecule is CCCCOC(=O)C1=C(C)Nc2ncnn2[C@@H]1c1ccccc1C. The van der Waals surface area contributed by atoms with Gasteiger partial charge in [0.1, 0.15) is 12.4 Å². The van der Waals surface area contributed by atoms with Crippen molar-refractivity contribution in [1.82, 2.24) is 14.8 Å². The van der Waals surface area contributed by atoms with E-state index >= 15 is 0 Å². The van der Waals surface area contributed by atoms with Crippen molar-refractivity contribution in [2.45, 2.75) is 39.7 Å². The molecule has 1 N–H and O–H groups in total. The van der Waals surface area contributed by atoms with Gasteiger partial charge in [0, 0.05) is 5.70 Å². The molecule has 0 bridgehead atoms. The van der Waals surface area contributed by atoms with Crippen molar-refractivity contribution >= 4 is 11.9 Å². The van der Waals surface area contributed by atoms with E-state index in [2.05, 4.69) is 22.3 Å². The number of fused-ring (bicyclic) bond motifs is 1. The molecule has 0 aliphatic carbocycles. The second-order valence-corrected chi connectivity index (χ2v) is 5.94. The molecule has 2 heterocycles. The molecule has 0 spiro atoms. The van der Waals surface area contributed by atoms with Gasteiger partial charge in [-0.1, -0.05) is 37.6 Å². The van der Waals surface area contributed by atoms with Gasteiger partial charge >= 0.3 is 5.97 Å². The van der Waals surface area contributed by atoms with Gasteiger partial charge in [-0.25, -0.2) is 9.48 Å². The number of rotatable bonds is 5. The molecule has 0 fully saturated rings. The second kappa shape index (κ2) is 6.86. The van der Waals surface area contributed by atoms with Gasteiger partial charge in [-0.15, -0.1) is 0 Å². The molecule has 126 valence electrons. The van der Waals surface area contributed by atoms with Crippen LogP contribution in [0.3, 0.4) is 0 Å². The van der Waals surface area contributed by atoms with E-state index in [4.69, 9.17) is 4.74 Å². The lowest BCUT2D eigenvalue weighted by Gasteiger charge is -2.29. The maximum absolute atomic E-state index is 12.7. The minimum Gasteiger partial charge on any atom is -0.462 e. The number of esters is 1. The Morgan fingerprint density at radius 3 is 2.88 bits per heavy atom. The van der Waals surface area contributed by atoms with Crippen LogP contribution in [-0.2, 0) is 9.53 Å². The zero-order chi connectivity index (χ0) is 17.1. The molecule has 0 unspecified atom stereocenters. The number of carbonyl (C=O) groups excluding carboxylic acids is 1. The minimum absolute atomic E-state index is 0.303. The molecule has 2 aromatic rings. The summed E-state index contributed by atoms with van der Waals surface area (Å²) in [5.41, 5.74) is 3.45. The first kappa shape index (κ1) is 16.2. The molecule has 3 rings (SSSR count). The summed E-state index contributed by atoms with van der Waals surface area (Å²) in [4.78, 5) is 17.0. The monoisotopic (exact) mass is 326 g/mol. The molecule has 0 saturated carbocycles. The van der Waals surface area contributed by atoms with E-state index in [-0.39, 0.29) is 12.0 Å². The van der Waals surface area contributed by atoms with Crippen LogP contribution in [-0.4, -0.2) is 27.3 Å². The maximum atomic E-state index is 12.7. The fraction of sp³-hybridized carbons (Fsp3) is 0.389. The van der Waals surface area contributed by atoms with Gasteiger partial charge in [-0.3, -0.25) is 0 Å². The van der Waals surface area contributed by atoms with Gasteiger partial charge < -0.3 is 10.1 Å². The number of hydrogen-bond donors (Lipinski definition) is 1. The van der Waals surface area contributed by atoms with Crippen molar-refractivity contribution in [3.05, 3.63) is 53.0 Å². The van der Waals surface area contributed by atoms with E-state index in [1.165, 1.54) is 6.33 Å². The summed E-state index contributed by atoms with van der Waals surface area (Å²) in [5, 5.41) is 7.47. The Morgan fingerprint density at radius 1 is 1.33 bits per heavy atom. The van der Waals surface area contributed by atoms with Crippen LogP contribution in [0.15, 0.2) is 41.9 Å². The van der Waals surface area contributed by atoms with Crippen LogP contribution in [0.2, 0.25) is 0 Å². The Balaban J connectivity index is 2.04. The molecule has 1 aromatic carbocycles. The van der Waals surface area contributed by atoms with E-state index in [9.17, 15) is 4.79 Å². The van der Waals surface area contributed by atoms with Crippen molar-refractivity contribution in [3.63, 3.8) is 0 Å². The highest BCUT2D eigenvalue weighted by atomic mass is 16.5. The molecule has 6 heteroatoms. The highest BCUT2D eigenvalue weighted by molar-refractivity contribution is 5.92. The number of aryl methyl sites for hydroxylation is 1. The van der Waals surface area contributed by atoms with Crippen LogP contribution >= 0.6 is 0 Å². The van der Waals surface area contributed by atoms with Gasteiger partial charge in [0.25, 0.3) is 0 Å². The summed E-state index contributed by atoms with van der Waals surface area (Å²) < 4.78 is 7.22. The van der Waals surface area contributed by atoms with E-state index < -0.39 is 0 Å². The summed E-state index contributed by atoms with van der Waals surface area (Å²) in [5.74, 6) is 0.328. The number of nitrogens with one attached hydrogen (secondary N) is 1. The first-order valence-corrected chi connectivity index (χ1v) is 8.23. The number of carbonyl (C=O) groups is 1. The van der Waals surface area contributed by atoms with Crippen molar-refractivity contribution in [2.75, 3.05) is 11.9 Å². The molecule has 0 amide bonds. The van der Waals surface area contributed by atoms with Gasteiger partial charge in [0.05, 0.1) is 12.2 Å². The molecule has 1 aliphatic rings. The predicted molar refractivity (Wildman–Crippen MR) is 91.5 cm³/mol. The lowest BCUT2D eigenvalue weighted by Crippen LogP contribution is -2.30. The number of allylic oxidation sites excluding steroid dienone is 1. The Morgan fingerprint density at radius 2 is 2.12 bits per heavy atom. The summed E-state index contributed by atoms with van der Waals surface area (Å²) >= 11 is 0. The minimum atomic E-state index is -0.334. The van der Waals surface area contributed by atoms with Crippen molar-refractivity contribution in [3.8, 4) is 0 Å². The molecule has 1 aliphatic heterocycles. The Bertz CT molecular complexity index is 779. The molecule has 6 nitrogen and oxygen atoms in total. The van der Waals surface area contributed by atoms with Gasteiger partial charge in [-0.05, 0) is 31.4 Å². The molecule has 0 radical (unpaired) electrons. The fourth-order valence-corrected chi connectivity index (χ4v) is 2.92. The number of nitrogens with zero attached hydrogens (tertiary/aromatic N) is 3. The van der Waals surface area contributed by atoms with Gasteiger partial charge in [0.2, 0.25) is 5.95 Å². The molecule has 1 aromatic heterocycles. The van der Waals surface area contributed by atoms with E-state index in [0.717, 1.165) is 29.7 Å². The zero-order valence-electron chi connectivity index (χ0n) is 14.2. The number of unbranched alkanes of at least 4 members (excludes halogenated alkanes) is 1. The van der Waals surface area contributed by atoms with E-state index in [0.29, 0.717) is 18.1 Å². The van der Waals surface area contributed by atoms with Crippen LogP contribution in [0.5, 0.6) is 0 Å². The number of aromatic nitrogens is 3. The predicted octanol–water partition coefficient (Wildman–Crippen LogP) is 3.22. The van der Waals surface area contributed by atoms with Crippen molar-refractivity contribution < 1.29 is 9.53 Å². The Kier molecular flexibility index (Phi) is 4.64. The molecule has 1 atom stereocenters. The summed E-state index contributed by atoms with van der Waals surface area (Å²) in [6, 6.07) is 7.67. The molecular formula is C18H22N4O2. The fourth-order valence-electron chi connectivity index (χ4n) is 2.92. The molecule has 24 heavy (non-hydrogen) atoms. The zero-order valence-corrected chi connectivity index (χ0v) is 14.2. The highest BCUT2D eigenvalue weighted by Crippen LogP contribution is 2.36. The largest absolute Gasteiger partial charge is 0.462 e. The average Bonchev–Trinajstić information content (AvgIpc) is 3.02. The van der Waals surface area contributed by atoms with Crippen LogP contribution in [0.4, 0.5) is 5.95 Å². The first-order valence-electron chi connectivity index (χ1n) is 8.23. The van der Waals surface area contributed by atoms with Crippen LogP contribution < -0.4 is 5.32 Å². The number of benzene rings is 1. The molecule has 0 saturated heterocycles. The topological polar surface area (TPSA) is 69.0 Å². The van der Waals surface area contributed by atoms with Crippen molar-refractivity contribution in [2.24, 2.45) is 0 Å². The summed E-state index contributed by atoms with van der Waals surface area (Å²) in [6.45, 7) is 6.40. The standard InChI is InChI=1S/C18H22N4O2/c1-4-5-10-24-17(23)15-13(3)21-18-19-11-20-22(18)16(15)14-9-7-6-8-12(14)2/h6-9,11,16H,4-5,10H2,1-3H3,(H,19,20,21)/t16-/m1/s1. The Hall–Kier alpha value is -2.63. The van der Waals surface area contributed by atoms with E-state index in [1.54, 1.807) is 4.68 Å². The number of hydrogen-bond acceptors (Lipinski definition) is 5. The summed E-state index contributed by atoms with van der Waals surface area (Å²) in [7, 11) is 0. The van der Waals surface area contributed by atoms with Crippen LogP contribution in [0, 0.1) is 6.92 Å². The maximum Gasteiger partial charge on any atom is 0.338 e. The van der Waals surface area contributed by atoms with Crippen molar-refractivity contribution in [1.29, 1.82) is 0 Å². The number of anilines is 1. The van der Waals surface area contributed by atoms with Gasteiger partial charge in [-0.2, -0.15) is 10.1 Å². The first-order chi connectivity index (χ1) is 11.6. The normalized spacial score (nSPS) is 16.5. The van der Waals surface area contributed by atoms with Gasteiger partial charge in [0.15, 0.2) is 0 Å². The third-order valence-electron chi connectivity index (χ3n) is 4.23. The summed E-state index contributed by atoms with van der Waals surface area (Å²) in [6.07, 6.45) is 3.33. The lowest BCUT2D eigenvalue weighted by atomic mass is 9.92. The Labute approximate surface area is 141 Å². The van der Waals surface area contributed by atoms with Crippen LogP contribution in [0.1, 0.15) is 43.9 Å². The average molecular weight is 326 g/mol.